The van der Waals surface area contributed by atoms with Crippen LogP contribution in [-0.2, 0) is 5.41 Å². The summed E-state index contributed by atoms with van der Waals surface area (Å²) >= 11 is 0. The van der Waals surface area contributed by atoms with E-state index in [4.69, 9.17) is 10.5 Å². The lowest BCUT2D eigenvalue weighted by atomic mass is 9.85. The molecule has 0 bridgehead atoms. The molecule has 0 radical (unpaired) electrons. The van der Waals surface area contributed by atoms with Gasteiger partial charge in [-0.3, -0.25) is 4.79 Å². The summed E-state index contributed by atoms with van der Waals surface area (Å²) in [6, 6.07) is 3.79. The van der Waals surface area contributed by atoms with E-state index < -0.39 is 0 Å². The SMILES string of the molecule is COc1c(N)cc(C(C)(C)C)cc1C(=O)NC(C)C. The molecular weight excluding hydrogens is 240 g/mol. The lowest BCUT2D eigenvalue weighted by molar-refractivity contribution is 0.0940. The van der Waals surface area contributed by atoms with Gasteiger partial charge in [-0.2, -0.15) is 0 Å². The lowest BCUT2D eigenvalue weighted by Gasteiger charge is -2.22. The van der Waals surface area contributed by atoms with Gasteiger partial charge in [-0.15, -0.1) is 0 Å². The third-order valence-corrected chi connectivity index (χ3v) is 2.85. The first kappa shape index (κ1) is 15.3. The number of hydrogen-bond donors (Lipinski definition) is 2. The normalized spacial score (nSPS) is 11.5. The van der Waals surface area contributed by atoms with Gasteiger partial charge in [0.25, 0.3) is 5.91 Å². The zero-order chi connectivity index (χ0) is 14.8. The van der Waals surface area contributed by atoms with E-state index in [0.717, 1.165) is 5.56 Å². The van der Waals surface area contributed by atoms with Crippen LogP contribution in [0.25, 0.3) is 0 Å². The van der Waals surface area contributed by atoms with Crippen LogP contribution in [0.15, 0.2) is 12.1 Å². The van der Waals surface area contributed by atoms with E-state index in [1.54, 1.807) is 0 Å². The van der Waals surface area contributed by atoms with Crippen LogP contribution in [0.1, 0.15) is 50.5 Å². The Morgan fingerprint density at radius 1 is 1.32 bits per heavy atom. The summed E-state index contributed by atoms with van der Waals surface area (Å²) in [4.78, 5) is 12.2. The molecule has 4 nitrogen and oxygen atoms in total. The quantitative estimate of drug-likeness (QED) is 0.825. The first-order valence-electron chi connectivity index (χ1n) is 6.45. The van der Waals surface area contributed by atoms with Gasteiger partial charge in [0, 0.05) is 6.04 Å². The summed E-state index contributed by atoms with van der Waals surface area (Å²) in [7, 11) is 1.52. The Balaban J connectivity index is 3.34. The molecule has 1 aromatic rings. The number of carbonyl (C=O) groups is 1. The van der Waals surface area contributed by atoms with Crippen LogP contribution in [0.3, 0.4) is 0 Å². The lowest BCUT2D eigenvalue weighted by Crippen LogP contribution is -2.31. The second kappa shape index (κ2) is 5.51. The number of methoxy groups -OCH3 is 1. The van der Waals surface area contributed by atoms with Crippen molar-refractivity contribution in [3.8, 4) is 5.75 Å². The molecule has 0 fully saturated rings. The number of hydrogen-bond acceptors (Lipinski definition) is 3. The van der Waals surface area contributed by atoms with Gasteiger partial charge in [-0.05, 0) is 37.0 Å². The Labute approximate surface area is 115 Å². The van der Waals surface area contributed by atoms with Crippen molar-refractivity contribution in [3.05, 3.63) is 23.3 Å². The third kappa shape index (κ3) is 3.63. The van der Waals surface area contributed by atoms with Crippen molar-refractivity contribution in [2.45, 2.75) is 46.1 Å². The molecule has 19 heavy (non-hydrogen) atoms. The average Bonchev–Trinajstić information content (AvgIpc) is 2.25. The smallest absolute Gasteiger partial charge is 0.255 e. The number of amides is 1. The molecular formula is C15H24N2O2. The van der Waals surface area contributed by atoms with Crippen molar-refractivity contribution in [2.75, 3.05) is 12.8 Å². The molecule has 0 atom stereocenters. The van der Waals surface area contributed by atoms with Gasteiger partial charge in [-0.1, -0.05) is 20.8 Å². The zero-order valence-corrected chi connectivity index (χ0v) is 12.6. The first-order valence-corrected chi connectivity index (χ1v) is 6.45. The van der Waals surface area contributed by atoms with E-state index in [-0.39, 0.29) is 17.4 Å². The molecule has 0 saturated carbocycles. The number of carbonyl (C=O) groups excluding carboxylic acids is 1. The summed E-state index contributed by atoms with van der Waals surface area (Å²) in [5, 5.41) is 2.87. The van der Waals surface area contributed by atoms with Crippen molar-refractivity contribution in [1.82, 2.24) is 5.32 Å². The fraction of sp³-hybridized carbons (Fsp3) is 0.533. The highest BCUT2D eigenvalue weighted by Crippen LogP contribution is 2.33. The first-order chi connectivity index (χ1) is 8.66. The van der Waals surface area contributed by atoms with E-state index in [2.05, 4.69) is 26.1 Å². The van der Waals surface area contributed by atoms with Crippen LogP contribution in [-0.4, -0.2) is 19.1 Å². The number of nitrogens with two attached hydrogens (primary N) is 1. The topological polar surface area (TPSA) is 64.3 Å². The number of nitrogen functional groups attached to an aromatic ring is 1. The molecule has 0 heterocycles. The highest BCUT2D eigenvalue weighted by atomic mass is 16.5. The maximum atomic E-state index is 12.2. The monoisotopic (exact) mass is 264 g/mol. The Bertz CT molecular complexity index is 474. The second-order valence-corrected chi connectivity index (χ2v) is 6.02. The van der Waals surface area contributed by atoms with E-state index in [1.165, 1.54) is 7.11 Å². The largest absolute Gasteiger partial charge is 0.494 e. The van der Waals surface area contributed by atoms with E-state index in [1.807, 2.05) is 26.0 Å². The Morgan fingerprint density at radius 2 is 1.89 bits per heavy atom. The molecule has 106 valence electrons. The molecule has 4 heteroatoms. The van der Waals surface area contributed by atoms with Gasteiger partial charge in [-0.25, -0.2) is 0 Å². The van der Waals surface area contributed by atoms with Crippen LogP contribution >= 0.6 is 0 Å². The minimum absolute atomic E-state index is 0.0664. The predicted octanol–water partition coefficient (Wildman–Crippen LogP) is 2.71. The maximum Gasteiger partial charge on any atom is 0.255 e. The second-order valence-electron chi connectivity index (χ2n) is 6.02. The number of nitrogens with one attached hydrogen (secondary N) is 1. The Morgan fingerprint density at radius 3 is 2.32 bits per heavy atom. The number of benzene rings is 1. The zero-order valence-electron chi connectivity index (χ0n) is 12.6. The number of anilines is 1. The molecule has 0 aliphatic carbocycles. The minimum Gasteiger partial charge on any atom is -0.494 e. The Hall–Kier alpha value is -1.71. The summed E-state index contributed by atoms with van der Waals surface area (Å²) in [6.45, 7) is 10.1. The predicted molar refractivity (Wildman–Crippen MR) is 78.7 cm³/mol. The van der Waals surface area contributed by atoms with Gasteiger partial charge < -0.3 is 15.8 Å². The number of rotatable bonds is 3. The van der Waals surface area contributed by atoms with Crippen molar-refractivity contribution in [1.29, 1.82) is 0 Å². The summed E-state index contributed by atoms with van der Waals surface area (Å²) in [5.41, 5.74) is 7.91. The van der Waals surface area contributed by atoms with Crippen LogP contribution in [0.2, 0.25) is 0 Å². The highest BCUT2D eigenvalue weighted by Gasteiger charge is 2.22. The van der Waals surface area contributed by atoms with Crippen LogP contribution in [0, 0.1) is 0 Å². The molecule has 0 aliphatic heterocycles. The van der Waals surface area contributed by atoms with Crippen molar-refractivity contribution >= 4 is 11.6 Å². The molecule has 0 saturated heterocycles. The highest BCUT2D eigenvalue weighted by molar-refractivity contribution is 5.99. The summed E-state index contributed by atoms with van der Waals surface area (Å²) < 4.78 is 5.26. The standard InChI is InChI=1S/C15H24N2O2/c1-9(2)17-14(18)11-7-10(15(3,4)5)8-12(16)13(11)19-6/h7-9H,16H2,1-6H3,(H,17,18). The van der Waals surface area contributed by atoms with Gasteiger partial charge >= 0.3 is 0 Å². The molecule has 0 aliphatic rings. The van der Waals surface area contributed by atoms with E-state index in [0.29, 0.717) is 17.0 Å². The van der Waals surface area contributed by atoms with Gasteiger partial charge in [0.15, 0.2) is 5.75 Å². The minimum atomic E-state index is -0.162. The molecule has 0 aromatic heterocycles. The van der Waals surface area contributed by atoms with Gasteiger partial charge in [0.2, 0.25) is 0 Å². The van der Waals surface area contributed by atoms with Crippen molar-refractivity contribution in [2.24, 2.45) is 0 Å². The van der Waals surface area contributed by atoms with Crippen molar-refractivity contribution < 1.29 is 9.53 Å². The van der Waals surface area contributed by atoms with Crippen LogP contribution < -0.4 is 15.8 Å². The van der Waals surface area contributed by atoms with Crippen LogP contribution in [0.4, 0.5) is 5.69 Å². The molecule has 0 spiro atoms. The third-order valence-electron chi connectivity index (χ3n) is 2.85. The summed E-state index contributed by atoms with van der Waals surface area (Å²) in [6.07, 6.45) is 0. The molecule has 3 N–H and O–H groups in total. The fourth-order valence-corrected chi connectivity index (χ4v) is 1.82. The maximum absolute atomic E-state index is 12.2. The van der Waals surface area contributed by atoms with Gasteiger partial charge in [0.1, 0.15) is 0 Å². The molecule has 0 unspecified atom stereocenters. The molecule has 1 rings (SSSR count). The van der Waals surface area contributed by atoms with Crippen molar-refractivity contribution in [3.63, 3.8) is 0 Å². The summed E-state index contributed by atoms with van der Waals surface area (Å²) in [5.74, 6) is 0.274. The van der Waals surface area contributed by atoms with E-state index in [9.17, 15) is 4.79 Å². The van der Waals surface area contributed by atoms with E-state index >= 15 is 0 Å². The average molecular weight is 264 g/mol. The van der Waals surface area contributed by atoms with Crippen LogP contribution in [0.5, 0.6) is 5.75 Å². The fourth-order valence-electron chi connectivity index (χ4n) is 1.82. The van der Waals surface area contributed by atoms with Gasteiger partial charge in [0.05, 0.1) is 18.4 Å². The Kier molecular flexibility index (Phi) is 4.45. The molecule has 1 aromatic carbocycles. The molecule has 1 amide bonds. The number of ether oxygens (including phenoxy) is 1.